The number of aromatic nitrogens is 4. The van der Waals surface area contributed by atoms with Crippen molar-refractivity contribution in [2.24, 2.45) is 0 Å². The standard InChI is InChI=1S/C16H19N5O5/c1-8-2-3-9(25-8)4-17-14-11-15(19-6-18-14)21(7-20-11)16-13(24)12(23)10(5-22)26-16/h2-3,6-7,10,12-13,16,22-24H,4-5H2,1H3,(H,17,18,19)/t10-,12-,13-,16-/m1/s1. The highest BCUT2D eigenvalue weighted by molar-refractivity contribution is 5.82. The number of nitrogens with one attached hydrogen (secondary N) is 1. The molecule has 1 fully saturated rings. The summed E-state index contributed by atoms with van der Waals surface area (Å²) in [5.41, 5.74) is 0.932. The number of furan rings is 1. The maximum atomic E-state index is 10.2. The molecule has 4 atom stereocenters. The average molecular weight is 361 g/mol. The van der Waals surface area contributed by atoms with Gasteiger partial charge in [0.15, 0.2) is 23.2 Å². The van der Waals surface area contributed by atoms with E-state index in [4.69, 9.17) is 9.15 Å². The molecule has 0 bridgehead atoms. The summed E-state index contributed by atoms with van der Waals surface area (Å²) in [6.07, 6.45) is -1.33. The fraction of sp³-hybridized carbons (Fsp3) is 0.438. The highest BCUT2D eigenvalue weighted by Gasteiger charge is 2.44. The summed E-state index contributed by atoms with van der Waals surface area (Å²) in [7, 11) is 0. The van der Waals surface area contributed by atoms with Gasteiger partial charge in [0.1, 0.15) is 36.2 Å². The van der Waals surface area contributed by atoms with Crippen LogP contribution in [0.1, 0.15) is 17.7 Å². The lowest BCUT2D eigenvalue weighted by molar-refractivity contribution is -0.0511. The van der Waals surface area contributed by atoms with Gasteiger partial charge in [-0.05, 0) is 19.1 Å². The van der Waals surface area contributed by atoms with Crippen molar-refractivity contribution in [3.63, 3.8) is 0 Å². The van der Waals surface area contributed by atoms with Crippen molar-refractivity contribution >= 4 is 17.0 Å². The summed E-state index contributed by atoms with van der Waals surface area (Å²) in [6, 6.07) is 3.75. The number of rotatable bonds is 5. The van der Waals surface area contributed by atoms with Gasteiger partial charge in [-0.2, -0.15) is 0 Å². The van der Waals surface area contributed by atoms with E-state index < -0.39 is 31.1 Å². The van der Waals surface area contributed by atoms with Crippen LogP contribution >= 0.6 is 0 Å². The van der Waals surface area contributed by atoms with Crippen molar-refractivity contribution in [2.75, 3.05) is 11.9 Å². The number of aliphatic hydroxyl groups is 3. The first-order valence-corrected chi connectivity index (χ1v) is 8.17. The maximum Gasteiger partial charge on any atom is 0.167 e. The fourth-order valence-electron chi connectivity index (χ4n) is 3.03. The minimum Gasteiger partial charge on any atom is -0.465 e. The van der Waals surface area contributed by atoms with Crippen LogP contribution in [0.5, 0.6) is 0 Å². The molecule has 0 spiro atoms. The van der Waals surface area contributed by atoms with Gasteiger partial charge in [-0.25, -0.2) is 15.0 Å². The SMILES string of the molecule is Cc1ccc(CNc2ncnc3c2ncn3[C@@H]2O[C@H](CO)[C@@H](O)[C@H]2O)o1. The Morgan fingerprint density at radius 2 is 2.04 bits per heavy atom. The van der Waals surface area contributed by atoms with E-state index in [9.17, 15) is 15.3 Å². The van der Waals surface area contributed by atoms with Gasteiger partial charge in [-0.1, -0.05) is 0 Å². The van der Waals surface area contributed by atoms with Crippen molar-refractivity contribution in [2.45, 2.75) is 38.0 Å². The average Bonchev–Trinajstić information content (AvgIpc) is 3.32. The van der Waals surface area contributed by atoms with Crippen molar-refractivity contribution in [1.82, 2.24) is 19.5 Å². The van der Waals surface area contributed by atoms with Gasteiger partial charge >= 0.3 is 0 Å². The summed E-state index contributed by atoms with van der Waals surface area (Å²) in [4.78, 5) is 12.7. The Labute approximate surface area is 148 Å². The number of aryl methyl sites for hydroxylation is 1. The van der Waals surface area contributed by atoms with Gasteiger partial charge in [0.05, 0.1) is 19.5 Å². The van der Waals surface area contributed by atoms with Crippen LogP contribution in [-0.4, -0.2) is 59.8 Å². The quantitative estimate of drug-likeness (QED) is 0.492. The molecule has 10 heteroatoms. The zero-order valence-corrected chi connectivity index (χ0v) is 14.0. The van der Waals surface area contributed by atoms with Crippen LogP contribution in [-0.2, 0) is 11.3 Å². The maximum absolute atomic E-state index is 10.2. The molecule has 4 rings (SSSR count). The largest absolute Gasteiger partial charge is 0.465 e. The molecule has 4 heterocycles. The number of ether oxygens (including phenoxy) is 1. The van der Waals surface area contributed by atoms with Gasteiger partial charge in [-0.3, -0.25) is 4.57 Å². The van der Waals surface area contributed by atoms with Gasteiger partial charge in [0, 0.05) is 0 Å². The molecule has 1 aliphatic heterocycles. The van der Waals surface area contributed by atoms with Crippen LogP contribution in [0.2, 0.25) is 0 Å². The molecule has 1 aliphatic rings. The first-order valence-electron chi connectivity index (χ1n) is 8.17. The molecule has 0 saturated carbocycles. The first kappa shape index (κ1) is 16.9. The Kier molecular flexibility index (Phi) is 4.32. The van der Waals surface area contributed by atoms with Gasteiger partial charge in [0.2, 0.25) is 0 Å². The normalized spacial score (nSPS) is 25.8. The van der Waals surface area contributed by atoms with Crippen molar-refractivity contribution in [3.05, 3.63) is 36.3 Å². The second-order valence-electron chi connectivity index (χ2n) is 6.14. The fourth-order valence-corrected chi connectivity index (χ4v) is 3.03. The first-order chi connectivity index (χ1) is 12.6. The van der Waals surface area contributed by atoms with Crippen molar-refractivity contribution < 1.29 is 24.5 Å². The van der Waals surface area contributed by atoms with Gasteiger partial charge in [-0.15, -0.1) is 0 Å². The Hall–Kier alpha value is -2.53. The summed E-state index contributed by atoms with van der Waals surface area (Å²) in [5, 5.41) is 32.5. The minimum absolute atomic E-state index is 0.397. The van der Waals surface area contributed by atoms with Gasteiger partial charge < -0.3 is 29.8 Å². The lowest BCUT2D eigenvalue weighted by Gasteiger charge is -2.16. The highest BCUT2D eigenvalue weighted by atomic mass is 16.6. The lowest BCUT2D eigenvalue weighted by Crippen LogP contribution is -2.33. The summed E-state index contributed by atoms with van der Waals surface area (Å²) in [5.74, 6) is 2.09. The van der Waals surface area contributed by atoms with E-state index in [1.807, 2.05) is 19.1 Å². The molecule has 0 amide bonds. The summed E-state index contributed by atoms with van der Waals surface area (Å²) >= 11 is 0. The van der Waals surface area contributed by atoms with Gasteiger partial charge in [0.25, 0.3) is 0 Å². The van der Waals surface area contributed by atoms with Crippen molar-refractivity contribution in [3.8, 4) is 0 Å². The summed E-state index contributed by atoms with van der Waals surface area (Å²) in [6.45, 7) is 1.90. The van der Waals surface area contributed by atoms with E-state index in [2.05, 4.69) is 20.3 Å². The smallest absolute Gasteiger partial charge is 0.167 e. The lowest BCUT2D eigenvalue weighted by atomic mass is 10.1. The number of anilines is 1. The minimum atomic E-state index is -1.21. The van der Waals surface area contributed by atoms with E-state index in [0.29, 0.717) is 23.5 Å². The Morgan fingerprint density at radius 1 is 1.19 bits per heavy atom. The van der Waals surface area contributed by atoms with Crippen LogP contribution in [0, 0.1) is 6.92 Å². The molecular formula is C16H19N5O5. The molecule has 138 valence electrons. The zero-order chi connectivity index (χ0) is 18.3. The van der Waals surface area contributed by atoms with E-state index in [1.54, 1.807) is 0 Å². The van der Waals surface area contributed by atoms with Crippen molar-refractivity contribution in [1.29, 1.82) is 0 Å². The van der Waals surface area contributed by atoms with E-state index in [-0.39, 0.29) is 0 Å². The van der Waals surface area contributed by atoms with Crippen LogP contribution in [0.15, 0.2) is 29.2 Å². The Bertz CT molecular complexity index is 909. The number of fused-ring (bicyclic) bond motifs is 1. The van der Waals surface area contributed by atoms with Crippen LogP contribution in [0.3, 0.4) is 0 Å². The third kappa shape index (κ3) is 2.82. The third-order valence-electron chi connectivity index (χ3n) is 4.38. The number of aliphatic hydroxyl groups excluding tert-OH is 3. The topological polar surface area (TPSA) is 139 Å². The number of nitrogens with zero attached hydrogens (tertiary/aromatic N) is 4. The molecule has 26 heavy (non-hydrogen) atoms. The molecule has 10 nitrogen and oxygen atoms in total. The number of imidazole rings is 1. The van der Waals surface area contributed by atoms with E-state index in [0.717, 1.165) is 11.5 Å². The zero-order valence-electron chi connectivity index (χ0n) is 14.0. The molecule has 1 saturated heterocycles. The molecule has 0 aliphatic carbocycles. The predicted octanol–water partition coefficient (Wildman–Crippen LogP) is -0.0487. The molecule has 0 unspecified atom stereocenters. The molecule has 0 radical (unpaired) electrons. The number of hydrogen-bond donors (Lipinski definition) is 4. The second kappa shape index (κ2) is 6.65. The highest BCUT2D eigenvalue weighted by Crippen LogP contribution is 2.32. The molecule has 0 aromatic carbocycles. The monoisotopic (exact) mass is 361 g/mol. The van der Waals surface area contributed by atoms with Crippen LogP contribution in [0.4, 0.5) is 5.82 Å². The van der Waals surface area contributed by atoms with E-state index >= 15 is 0 Å². The molecule has 3 aromatic heterocycles. The number of hydrogen-bond acceptors (Lipinski definition) is 9. The third-order valence-corrected chi connectivity index (χ3v) is 4.38. The Balaban J connectivity index is 1.61. The van der Waals surface area contributed by atoms with E-state index in [1.165, 1.54) is 17.2 Å². The molecule has 3 aromatic rings. The second-order valence-corrected chi connectivity index (χ2v) is 6.14. The summed E-state index contributed by atoms with van der Waals surface area (Å²) < 4.78 is 12.6. The molecule has 4 N–H and O–H groups in total. The van der Waals surface area contributed by atoms with Crippen LogP contribution < -0.4 is 5.32 Å². The Morgan fingerprint density at radius 3 is 2.73 bits per heavy atom. The predicted molar refractivity (Wildman–Crippen MR) is 89.1 cm³/mol. The van der Waals surface area contributed by atoms with Crippen LogP contribution in [0.25, 0.3) is 11.2 Å². The molecular weight excluding hydrogens is 342 g/mol.